The molecule has 0 N–H and O–H groups in total. The molecule has 0 amide bonds. The topological polar surface area (TPSA) is 51.8 Å². The van der Waals surface area contributed by atoms with Crippen LogP contribution in [-0.4, -0.2) is 15.0 Å². The first-order chi connectivity index (χ1) is 7.16. The molecule has 0 fully saturated rings. The molecule has 0 saturated carbocycles. The minimum absolute atomic E-state index is 0.601. The zero-order valence-electron chi connectivity index (χ0n) is 8.19. The minimum atomic E-state index is 0.601. The Morgan fingerprint density at radius 3 is 2.80 bits per heavy atom. The van der Waals surface area contributed by atoms with Crippen molar-refractivity contribution in [3.8, 4) is 0 Å². The Morgan fingerprint density at radius 1 is 1.40 bits per heavy atom. The summed E-state index contributed by atoms with van der Waals surface area (Å²) in [5, 5.41) is 1.40. The normalized spacial score (nSPS) is 10.6. The van der Waals surface area contributed by atoms with Crippen LogP contribution in [0.5, 0.6) is 0 Å². The number of oxazole rings is 1. The molecule has 2 rings (SSSR count). The molecule has 0 aliphatic carbocycles. The number of hydrogen-bond donors (Lipinski definition) is 0. The smallest absolute Gasteiger partial charge is 0.262 e. The van der Waals surface area contributed by atoms with Gasteiger partial charge in [-0.2, -0.15) is 0 Å². The maximum atomic E-state index is 5.44. The second-order valence-corrected chi connectivity index (χ2v) is 4.69. The molecule has 2 aromatic rings. The molecule has 0 radical (unpaired) electrons. The third-order valence-corrected chi connectivity index (χ3v) is 3.54. The molecule has 2 heterocycles. The standard InChI is InChI=1S/C9H8BrN3OS/c1-5-6(2)14-9(13-5)15-8-7(10)3-11-4-12-8/h3-4H,1-2H3. The third-order valence-electron chi connectivity index (χ3n) is 1.83. The van der Waals surface area contributed by atoms with Crippen molar-refractivity contribution in [1.82, 2.24) is 15.0 Å². The summed E-state index contributed by atoms with van der Waals surface area (Å²) in [5.74, 6) is 0.836. The second-order valence-electron chi connectivity index (χ2n) is 2.90. The summed E-state index contributed by atoms with van der Waals surface area (Å²) in [7, 11) is 0. The Kier molecular flexibility index (Phi) is 3.06. The van der Waals surface area contributed by atoms with Gasteiger partial charge < -0.3 is 4.42 Å². The maximum absolute atomic E-state index is 5.44. The summed E-state index contributed by atoms with van der Waals surface area (Å²) < 4.78 is 6.28. The molecule has 0 aliphatic rings. The number of nitrogens with zero attached hydrogens (tertiary/aromatic N) is 3. The predicted octanol–water partition coefficient (Wildman–Crippen LogP) is 3.00. The lowest BCUT2D eigenvalue weighted by Gasteiger charge is -1.97. The highest BCUT2D eigenvalue weighted by Gasteiger charge is 2.10. The monoisotopic (exact) mass is 285 g/mol. The van der Waals surface area contributed by atoms with Gasteiger partial charge in [-0.3, -0.25) is 0 Å². The van der Waals surface area contributed by atoms with Crippen LogP contribution in [0.1, 0.15) is 11.5 Å². The second kappa shape index (κ2) is 4.32. The van der Waals surface area contributed by atoms with E-state index in [0.29, 0.717) is 5.22 Å². The number of rotatable bonds is 2. The van der Waals surface area contributed by atoms with Crippen LogP contribution in [0.25, 0.3) is 0 Å². The molecule has 15 heavy (non-hydrogen) atoms. The summed E-state index contributed by atoms with van der Waals surface area (Å²) >= 11 is 4.74. The Hall–Kier alpha value is -0.880. The minimum Gasteiger partial charge on any atom is -0.436 e. The molecule has 0 spiro atoms. The highest BCUT2D eigenvalue weighted by molar-refractivity contribution is 9.10. The Balaban J connectivity index is 2.26. The molecule has 0 aliphatic heterocycles. The number of aromatic nitrogens is 3. The number of hydrogen-bond acceptors (Lipinski definition) is 5. The molecule has 6 heteroatoms. The SMILES string of the molecule is Cc1nc(Sc2ncncc2Br)oc1C. The van der Waals surface area contributed by atoms with Crippen LogP contribution in [0, 0.1) is 13.8 Å². The van der Waals surface area contributed by atoms with Gasteiger partial charge in [0.15, 0.2) is 0 Å². The van der Waals surface area contributed by atoms with Crippen LogP contribution in [0.15, 0.2) is 31.7 Å². The van der Waals surface area contributed by atoms with Gasteiger partial charge >= 0.3 is 0 Å². The highest BCUT2D eigenvalue weighted by atomic mass is 79.9. The van der Waals surface area contributed by atoms with Gasteiger partial charge in [0.05, 0.1) is 10.2 Å². The quantitative estimate of drug-likeness (QED) is 0.794. The van der Waals surface area contributed by atoms with E-state index >= 15 is 0 Å². The van der Waals surface area contributed by atoms with Gasteiger partial charge in [0.2, 0.25) is 0 Å². The summed E-state index contributed by atoms with van der Waals surface area (Å²) in [6.07, 6.45) is 3.19. The van der Waals surface area contributed by atoms with Gasteiger partial charge in [-0.25, -0.2) is 15.0 Å². The van der Waals surface area contributed by atoms with Crippen molar-refractivity contribution >= 4 is 27.7 Å². The first-order valence-corrected chi connectivity index (χ1v) is 5.85. The van der Waals surface area contributed by atoms with Gasteiger partial charge in [-0.05, 0) is 41.5 Å². The Labute approximate surface area is 99.7 Å². The van der Waals surface area contributed by atoms with Crippen molar-refractivity contribution in [1.29, 1.82) is 0 Å². The average molecular weight is 286 g/mol. The zero-order valence-corrected chi connectivity index (χ0v) is 10.6. The van der Waals surface area contributed by atoms with Gasteiger partial charge in [0.25, 0.3) is 5.22 Å². The summed E-state index contributed by atoms with van der Waals surface area (Å²) in [6.45, 7) is 3.80. The van der Waals surface area contributed by atoms with E-state index in [4.69, 9.17) is 4.42 Å². The molecule has 0 unspecified atom stereocenters. The summed E-state index contributed by atoms with van der Waals surface area (Å²) in [6, 6.07) is 0. The van der Waals surface area contributed by atoms with Crippen LogP contribution < -0.4 is 0 Å². The number of halogens is 1. The third kappa shape index (κ3) is 2.38. The van der Waals surface area contributed by atoms with Crippen molar-refractivity contribution in [2.45, 2.75) is 24.1 Å². The summed E-state index contributed by atoms with van der Waals surface area (Å²) in [5.41, 5.74) is 0.905. The van der Waals surface area contributed by atoms with Crippen LogP contribution in [0.4, 0.5) is 0 Å². The predicted molar refractivity (Wildman–Crippen MR) is 59.8 cm³/mol. The molecule has 4 nitrogen and oxygen atoms in total. The van der Waals surface area contributed by atoms with Gasteiger partial charge in [-0.15, -0.1) is 0 Å². The van der Waals surface area contributed by atoms with Gasteiger partial charge in [0.1, 0.15) is 17.1 Å². The first kappa shape index (κ1) is 10.6. The largest absolute Gasteiger partial charge is 0.436 e. The average Bonchev–Trinajstić information content (AvgIpc) is 2.50. The lowest BCUT2D eigenvalue weighted by atomic mass is 10.4. The molecular weight excluding hydrogens is 278 g/mol. The fraction of sp³-hybridized carbons (Fsp3) is 0.222. The fourth-order valence-corrected chi connectivity index (χ4v) is 2.17. The maximum Gasteiger partial charge on any atom is 0.262 e. The van der Waals surface area contributed by atoms with E-state index in [2.05, 4.69) is 30.9 Å². The molecule has 0 saturated heterocycles. The van der Waals surface area contributed by atoms with E-state index < -0.39 is 0 Å². The van der Waals surface area contributed by atoms with E-state index in [-0.39, 0.29) is 0 Å². The van der Waals surface area contributed by atoms with E-state index in [1.165, 1.54) is 18.1 Å². The molecule has 0 atom stereocenters. The van der Waals surface area contributed by atoms with E-state index in [9.17, 15) is 0 Å². The lowest BCUT2D eigenvalue weighted by Crippen LogP contribution is -1.83. The van der Waals surface area contributed by atoms with Crippen molar-refractivity contribution in [3.05, 3.63) is 28.5 Å². The van der Waals surface area contributed by atoms with E-state index in [0.717, 1.165) is 21.0 Å². The Bertz CT molecular complexity index is 466. The number of aryl methyl sites for hydroxylation is 2. The molecule has 78 valence electrons. The van der Waals surface area contributed by atoms with Crippen LogP contribution >= 0.6 is 27.7 Å². The Morgan fingerprint density at radius 2 is 2.20 bits per heavy atom. The lowest BCUT2D eigenvalue weighted by molar-refractivity contribution is 0.431. The van der Waals surface area contributed by atoms with Gasteiger partial charge in [0, 0.05) is 6.20 Å². The van der Waals surface area contributed by atoms with E-state index in [1.807, 2.05) is 13.8 Å². The van der Waals surface area contributed by atoms with Crippen molar-refractivity contribution in [2.24, 2.45) is 0 Å². The van der Waals surface area contributed by atoms with Crippen molar-refractivity contribution in [2.75, 3.05) is 0 Å². The highest BCUT2D eigenvalue weighted by Crippen LogP contribution is 2.31. The van der Waals surface area contributed by atoms with Crippen molar-refractivity contribution < 1.29 is 4.42 Å². The van der Waals surface area contributed by atoms with Crippen LogP contribution in [0.2, 0.25) is 0 Å². The summed E-state index contributed by atoms with van der Waals surface area (Å²) in [4.78, 5) is 12.3. The zero-order chi connectivity index (χ0) is 10.8. The van der Waals surface area contributed by atoms with Crippen LogP contribution in [0.3, 0.4) is 0 Å². The van der Waals surface area contributed by atoms with Crippen molar-refractivity contribution in [3.63, 3.8) is 0 Å². The van der Waals surface area contributed by atoms with Gasteiger partial charge in [-0.1, -0.05) is 0 Å². The van der Waals surface area contributed by atoms with Crippen LogP contribution in [-0.2, 0) is 0 Å². The molecule has 2 aromatic heterocycles. The van der Waals surface area contributed by atoms with E-state index in [1.54, 1.807) is 6.20 Å². The molecular formula is C9H8BrN3OS. The molecule has 0 bridgehead atoms. The molecule has 0 aromatic carbocycles. The fourth-order valence-electron chi connectivity index (χ4n) is 0.946. The first-order valence-electron chi connectivity index (χ1n) is 4.24.